The third-order valence-corrected chi connectivity index (χ3v) is 2.85. The van der Waals surface area contributed by atoms with Gasteiger partial charge in [-0.05, 0) is 31.1 Å². The lowest BCUT2D eigenvalue weighted by molar-refractivity contribution is -0.127. The number of rotatable bonds is 5. The molecule has 0 aromatic carbocycles. The molecule has 0 aliphatic heterocycles. The third kappa shape index (κ3) is 3.13. The normalized spacial score (nSPS) is 19.5. The second kappa shape index (κ2) is 4.26. The Morgan fingerprint density at radius 1 is 1.23 bits per heavy atom. The van der Waals surface area contributed by atoms with Gasteiger partial charge < -0.3 is 0 Å². The summed E-state index contributed by atoms with van der Waals surface area (Å²) >= 11 is 0. The van der Waals surface area contributed by atoms with Crippen LogP contribution in [0, 0.1) is 23.7 Å². The maximum absolute atomic E-state index is 11.9. The average molecular weight is 182 g/mol. The summed E-state index contributed by atoms with van der Waals surface area (Å²) in [7, 11) is 0. The molecule has 0 heterocycles. The molecule has 1 aliphatic rings. The lowest BCUT2D eigenvalue weighted by atomic mass is 9.85. The molecule has 1 nitrogen and oxygen atoms in total. The molecule has 1 rings (SSSR count). The molecule has 0 radical (unpaired) electrons. The van der Waals surface area contributed by atoms with Gasteiger partial charge in [0.05, 0.1) is 0 Å². The SMILES string of the molecule is CC(C)C[C@H](C(=O)C(C)C)C1CC1. The van der Waals surface area contributed by atoms with Crippen LogP contribution in [0.25, 0.3) is 0 Å². The summed E-state index contributed by atoms with van der Waals surface area (Å²) in [5.74, 6) is 2.49. The predicted octanol–water partition coefficient (Wildman–Crippen LogP) is 3.28. The highest BCUT2D eigenvalue weighted by Gasteiger charge is 2.36. The molecular weight excluding hydrogens is 160 g/mol. The topological polar surface area (TPSA) is 17.1 Å². The van der Waals surface area contributed by atoms with Crippen LogP contribution in [0.4, 0.5) is 0 Å². The fourth-order valence-electron chi connectivity index (χ4n) is 1.98. The van der Waals surface area contributed by atoms with Crippen LogP contribution in [0.2, 0.25) is 0 Å². The molecule has 1 fully saturated rings. The van der Waals surface area contributed by atoms with Crippen LogP contribution in [-0.2, 0) is 4.79 Å². The van der Waals surface area contributed by atoms with E-state index < -0.39 is 0 Å². The van der Waals surface area contributed by atoms with Crippen molar-refractivity contribution in [3.63, 3.8) is 0 Å². The number of hydrogen-bond acceptors (Lipinski definition) is 1. The zero-order valence-electron chi connectivity index (χ0n) is 9.34. The molecule has 0 aromatic rings. The summed E-state index contributed by atoms with van der Waals surface area (Å²) in [5, 5.41) is 0. The van der Waals surface area contributed by atoms with Crippen LogP contribution in [0.5, 0.6) is 0 Å². The van der Waals surface area contributed by atoms with E-state index in [-0.39, 0.29) is 5.92 Å². The van der Waals surface area contributed by atoms with Crippen LogP contribution in [-0.4, -0.2) is 5.78 Å². The van der Waals surface area contributed by atoms with Crippen molar-refractivity contribution in [2.24, 2.45) is 23.7 Å². The first kappa shape index (κ1) is 10.7. The fraction of sp³-hybridized carbons (Fsp3) is 0.917. The van der Waals surface area contributed by atoms with Crippen molar-refractivity contribution in [3.8, 4) is 0 Å². The summed E-state index contributed by atoms with van der Waals surface area (Å²) in [6, 6.07) is 0. The monoisotopic (exact) mass is 182 g/mol. The zero-order chi connectivity index (χ0) is 10.0. The van der Waals surface area contributed by atoms with Crippen molar-refractivity contribution in [1.29, 1.82) is 0 Å². The van der Waals surface area contributed by atoms with Gasteiger partial charge >= 0.3 is 0 Å². The first-order valence-electron chi connectivity index (χ1n) is 5.56. The minimum atomic E-state index is 0.226. The van der Waals surface area contributed by atoms with Gasteiger partial charge in [0.25, 0.3) is 0 Å². The van der Waals surface area contributed by atoms with Gasteiger partial charge in [-0.25, -0.2) is 0 Å². The number of Topliss-reactive ketones (excluding diaryl/α,β-unsaturated/α-hetero) is 1. The van der Waals surface area contributed by atoms with E-state index in [1.54, 1.807) is 0 Å². The smallest absolute Gasteiger partial charge is 0.138 e. The van der Waals surface area contributed by atoms with Gasteiger partial charge in [0, 0.05) is 11.8 Å². The van der Waals surface area contributed by atoms with Crippen LogP contribution >= 0.6 is 0 Å². The van der Waals surface area contributed by atoms with E-state index in [0.29, 0.717) is 17.6 Å². The Morgan fingerprint density at radius 3 is 2.08 bits per heavy atom. The molecule has 13 heavy (non-hydrogen) atoms. The van der Waals surface area contributed by atoms with E-state index >= 15 is 0 Å². The summed E-state index contributed by atoms with van der Waals surface area (Å²) in [6.45, 7) is 8.47. The molecular formula is C12H22O. The van der Waals surface area contributed by atoms with Crippen LogP contribution < -0.4 is 0 Å². The predicted molar refractivity (Wildman–Crippen MR) is 55.5 cm³/mol. The first-order chi connectivity index (χ1) is 6.02. The standard InChI is InChI=1S/C12H22O/c1-8(2)7-11(10-5-6-10)12(13)9(3)4/h8-11H,5-7H2,1-4H3/t11-/m0/s1. The molecule has 1 heteroatoms. The highest BCUT2D eigenvalue weighted by atomic mass is 16.1. The summed E-state index contributed by atoms with van der Waals surface area (Å²) < 4.78 is 0. The van der Waals surface area contributed by atoms with Crippen molar-refractivity contribution >= 4 is 5.78 Å². The Labute approximate surface area is 81.9 Å². The van der Waals surface area contributed by atoms with Crippen molar-refractivity contribution < 1.29 is 4.79 Å². The van der Waals surface area contributed by atoms with E-state index in [0.717, 1.165) is 12.3 Å². The van der Waals surface area contributed by atoms with E-state index in [1.165, 1.54) is 12.8 Å². The molecule has 0 spiro atoms. The second-order valence-corrected chi connectivity index (χ2v) is 5.13. The van der Waals surface area contributed by atoms with Gasteiger partial charge in [-0.3, -0.25) is 4.79 Å². The first-order valence-corrected chi connectivity index (χ1v) is 5.56. The van der Waals surface area contributed by atoms with Crippen molar-refractivity contribution in [1.82, 2.24) is 0 Å². The molecule has 0 saturated heterocycles. The van der Waals surface area contributed by atoms with Gasteiger partial charge in [0.2, 0.25) is 0 Å². The number of carbonyl (C=O) groups is 1. The number of carbonyl (C=O) groups excluding carboxylic acids is 1. The average Bonchev–Trinajstić information content (AvgIpc) is 2.80. The maximum Gasteiger partial charge on any atom is 0.138 e. The minimum Gasteiger partial charge on any atom is -0.299 e. The van der Waals surface area contributed by atoms with Crippen molar-refractivity contribution in [2.45, 2.75) is 47.0 Å². The van der Waals surface area contributed by atoms with Gasteiger partial charge in [-0.2, -0.15) is 0 Å². The quantitative estimate of drug-likeness (QED) is 0.637. The number of hydrogen-bond donors (Lipinski definition) is 0. The van der Waals surface area contributed by atoms with Crippen LogP contribution in [0.15, 0.2) is 0 Å². The zero-order valence-corrected chi connectivity index (χ0v) is 9.34. The molecule has 0 bridgehead atoms. The van der Waals surface area contributed by atoms with Crippen molar-refractivity contribution in [2.75, 3.05) is 0 Å². The second-order valence-electron chi connectivity index (χ2n) is 5.13. The van der Waals surface area contributed by atoms with E-state index in [1.807, 2.05) is 13.8 Å². The molecule has 0 aromatic heterocycles. The Bertz CT molecular complexity index is 178. The lowest BCUT2D eigenvalue weighted by Crippen LogP contribution is -2.23. The molecule has 0 amide bonds. The molecule has 1 saturated carbocycles. The minimum absolute atomic E-state index is 0.226. The highest BCUT2D eigenvalue weighted by Crippen LogP contribution is 2.41. The van der Waals surface area contributed by atoms with E-state index in [9.17, 15) is 4.79 Å². The van der Waals surface area contributed by atoms with Crippen LogP contribution in [0.1, 0.15) is 47.0 Å². The Balaban J connectivity index is 2.51. The summed E-state index contributed by atoms with van der Waals surface area (Å²) in [6.07, 6.45) is 3.67. The van der Waals surface area contributed by atoms with E-state index in [4.69, 9.17) is 0 Å². The maximum atomic E-state index is 11.9. The molecule has 1 atom stereocenters. The van der Waals surface area contributed by atoms with Gasteiger partial charge in [0.15, 0.2) is 0 Å². The Morgan fingerprint density at radius 2 is 1.77 bits per heavy atom. The Hall–Kier alpha value is -0.330. The molecule has 1 aliphatic carbocycles. The highest BCUT2D eigenvalue weighted by molar-refractivity contribution is 5.83. The fourth-order valence-corrected chi connectivity index (χ4v) is 1.98. The van der Waals surface area contributed by atoms with Gasteiger partial charge in [0.1, 0.15) is 5.78 Å². The lowest BCUT2D eigenvalue weighted by Gasteiger charge is -2.19. The summed E-state index contributed by atoms with van der Waals surface area (Å²) in [4.78, 5) is 11.9. The van der Waals surface area contributed by atoms with E-state index in [2.05, 4.69) is 13.8 Å². The molecule has 0 N–H and O–H groups in total. The number of ketones is 1. The Kier molecular flexibility index (Phi) is 3.52. The van der Waals surface area contributed by atoms with Gasteiger partial charge in [-0.1, -0.05) is 27.7 Å². The summed E-state index contributed by atoms with van der Waals surface area (Å²) in [5.41, 5.74) is 0. The molecule has 0 unspecified atom stereocenters. The largest absolute Gasteiger partial charge is 0.299 e. The van der Waals surface area contributed by atoms with Crippen molar-refractivity contribution in [3.05, 3.63) is 0 Å². The van der Waals surface area contributed by atoms with Gasteiger partial charge in [-0.15, -0.1) is 0 Å². The van der Waals surface area contributed by atoms with Crippen LogP contribution in [0.3, 0.4) is 0 Å². The molecule has 76 valence electrons. The third-order valence-electron chi connectivity index (χ3n) is 2.85.